The normalized spacial score (nSPS) is 11.1. The molecule has 0 saturated carbocycles. The predicted molar refractivity (Wildman–Crippen MR) is 79.6 cm³/mol. The first-order valence-electron chi connectivity index (χ1n) is 6.85. The largest absolute Gasteiger partial charge is 0.439 e. The molecule has 1 heterocycles. The smallest absolute Gasteiger partial charge is 0.254 e. The highest BCUT2D eigenvalue weighted by Gasteiger charge is 2.08. The highest BCUT2D eigenvalue weighted by Crippen LogP contribution is 2.24. The van der Waals surface area contributed by atoms with Crippen LogP contribution in [0.15, 0.2) is 35.1 Å². The van der Waals surface area contributed by atoms with E-state index in [0.717, 1.165) is 0 Å². The lowest BCUT2D eigenvalue weighted by Gasteiger charge is -2.10. The number of rotatable bonds is 4. The van der Waals surface area contributed by atoms with Gasteiger partial charge in [-0.25, -0.2) is 0 Å². The molecule has 4 heteroatoms. The minimum absolute atomic E-state index is 0.147. The average Bonchev–Trinajstić information content (AvgIpc) is 2.38. The van der Waals surface area contributed by atoms with Gasteiger partial charge in [-0.1, -0.05) is 39.8 Å². The van der Waals surface area contributed by atoms with Gasteiger partial charge in [0.1, 0.15) is 11.6 Å². The molecule has 0 spiro atoms. The van der Waals surface area contributed by atoms with Crippen LogP contribution in [0, 0.1) is 0 Å². The highest BCUT2D eigenvalue weighted by molar-refractivity contribution is 5.32. The van der Waals surface area contributed by atoms with E-state index in [9.17, 15) is 4.79 Å². The molecule has 0 bridgehead atoms. The molecular weight excluding hydrogens is 252 g/mol. The number of ether oxygens (including phenoxy) is 1. The molecule has 1 aromatic heterocycles. The Balaban J connectivity index is 2.30. The molecule has 106 valence electrons. The van der Waals surface area contributed by atoms with Crippen molar-refractivity contribution in [3.63, 3.8) is 0 Å². The first-order chi connectivity index (χ1) is 9.45. The van der Waals surface area contributed by atoms with Gasteiger partial charge in [-0.3, -0.25) is 4.79 Å². The second-order valence-corrected chi connectivity index (χ2v) is 5.45. The number of benzene rings is 1. The summed E-state index contributed by atoms with van der Waals surface area (Å²) in [5, 5.41) is 0. The van der Waals surface area contributed by atoms with Gasteiger partial charge < -0.3 is 9.72 Å². The van der Waals surface area contributed by atoms with E-state index >= 15 is 0 Å². The van der Waals surface area contributed by atoms with E-state index in [0.29, 0.717) is 23.4 Å². The SMILES string of the molecule is CC(C)c1cccc(Oc2cc(=O)[nH]c(C(C)C)n2)c1. The van der Waals surface area contributed by atoms with Gasteiger partial charge in [0.05, 0.1) is 6.07 Å². The lowest BCUT2D eigenvalue weighted by atomic mass is 10.0. The molecule has 20 heavy (non-hydrogen) atoms. The lowest BCUT2D eigenvalue weighted by molar-refractivity contribution is 0.454. The summed E-state index contributed by atoms with van der Waals surface area (Å²) in [6.45, 7) is 8.20. The molecule has 0 aliphatic carbocycles. The van der Waals surface area contributed by atoms with Crippen molar-refractivity contribution in [3.8, 4) is 11.6 Å². The Morgan fingerprint density at radius 3 is 2.50 bits per heavy atom. The first-order valence-corrected chi connectivity index (χ1v) is 6.85. The summed E-state index contributed by atoms with van der Waals surface area (Å²) in [5.41, 5.74) is 0.995. The number of aromatic nitrogens is 2. The maximum atomic E-state index is 11.6. The molecule has 4 nitrogen and oxygen atoms in total. The summed E-state index contributed by atoms with van der Waals surface area (Å²) in [6.07, 6.45) is 0. The molecule has 1 aromatic carbocycles. The minimum atomic E-state index is -0.196. The first kappa shape index (κ1) is 14.3. The van der Waals surface area contributed by atoms with Gasteiger partial charge in [0.25, 0.3) is 5.56 Å². The molecule has 2 aromatic rings. The van der Waals surface area contributed by atoms with Gasteiger partial charge in [-0.15, -0.1) is 0 Å². The Morgan fingerprint density at radius 2 is 1.85 bits per heavy atom. The van der Waals surface area contributed by atoms with Crippen molar-refractivity contribution in [1.29, 1.82) is 0 Å². The molecular formula is C16H20N2O2. The van der Waals surface area contributed by atoms with E-state index in [-0.39, 0.29) is 11.5 Å². The van der Waals surface area contributed by atoms with Crippen LogP contribution in [0.2, 0.25) is 0 Å². The molecule has 0 radical (unpaired) electrons. The summed E-state index contributed by atoms with van der Waals surface area (Å²) in [6, 6.07) is 9.21. The molecule has 0 saturated heterocycles. The summed E-state index contributed by atoms with van der Waals surface area (Å²) in [7, 11) is 0. The Kier molecular flexibility index (Phi) is 4.23. The fourth-order valence-electron chi connectivity index (χ4n) is 1.84. The van der Waals surface area contributed by atoms with Gasteiger partial charge in [-0.2, -0.15) is 4.98 Å². The monoisotopic (exact) mass is 272 g/mol. The van der Waals surface area contributed by atoms with E-state index in [2.05, 4.69) is 29.9 Å². The zero-order valence-corrected chi connectivity index (χ0v) is 12.3. The minimum Gasteiger partial charge on any atom is -0.439 e. The number of nitrogens with one attached hydrogen (secondary N) is 1. The van der Waals surface area contributed by atoms with Crippen LogP contribution < -0.4 is 10.3 Å². The van der Waals surface area contributed by atoms with Crippen LogP contribution in [0.4, 0.5) is 0 Å². The maximum Gasteiger partial charge on any atom is 0.254 e. The molecule has 0 atom stereocenters. The second kappa shape index (κ2) is 5.90. The van der Waals surface area contributed by atoms with Crippen LogP contribution in [0.3, 0.4) is 0 Å². The van der Waals surface area contributed by atoms with Gasteiger partial charge in [0.15, 0.2) is 0 Å². The molecule has 0 aliphatic heterocycles. The number of hydrogen-bond acceptors (Lipinski definition) is 3. The van der Waals surface area contributed by atoms with Crippen molar-refractivity contribution < 1.29 is 4.74 Å². The molecule has 0 amide bonds. The van der Waals surface area contributed by atoms with Gasteiger partial charge in [0.2, 0.25) is 5.88 Å². The number of nitrogens with zero attached hydrogens (tertiary/aromatic N) is 1. The third kappa shape index (κ3) is 3.47. The van der Waals surface area contributed by atoms with E-state index in [1.807, 2.05) is 32.0 Å². The quantitative estimate of drug-likeness (QED) is 0.920. The maximum absolute atomic E-state index is 11.6. The van der Waals surface area contributed by atoms with Crippen LogP contribution in [0.1, 0.15) is 50.9 Å². The van der Waals surface area contributed by atoms with Gasteiger partial charge in [-0.05, 0) is 23.6 Å². The van der Waals surface area contributed by atoms with Crippen molar-refractivity contribution in [3.05, 3.63) is 52.1 Å². The van der Waals surface area contributed by atoms with Gasteiger partial charge in [0, 0.05) is 5.92 Å². The summed E-state index contributed by atoms with van der Waals surface area (Å²) >= 11 is 0. The number of hydrogen-bond donors (Lipinski definition) is 1. The van der Waals surface area contributed by atoms with Crippen molar-refractivity contribution in [2.45, 2.75) is 39.5 Å². The molecule has 0 aliphatic rings. The molecule has 2 rings (SSSR count). The third-order valence-corrected chi connectivity index (χ3v) is 3.03. The van der Waals surface area contributed by atoms with Crippen molar-refractivity contribution in [1.82, 2.24) is 9.97 Å². The van der Waals surface area contributed by atoms with Crippen molar-refractivity contribution >= 4 is 0 Å². The van der Waals surface area contributed by atoms with Crippen LogP contribution in [0.5, 0.6) is 11.6 Å². The van der Waals surface area contributed by atoms with Crippen molar-refractivity contribution in [2.24, 2.45) is 0 Å². The Hall–Kier alpha value is -2.10. The van der Waals surface area contributed by atoms with E-state index < -0.39 is 0 Å². The summed E-state index contributed by atoms with van der Waals surface area (Å²) in [5.74, 6) is 2.24. The molecule has 0 unspecified atom stereocenters. The lowest BCUT2D eigenvalue weighted by Crippen LogP contribution is -2.11. The second-order valence-electron chi connectivity index (χ2n) is 5.45. The fourth-order valence-corrected chi connectivity index (χ4v) is 1.84. The topological polar surface area (TPSA) is 55.0 Å². The Morgan fingerprint density at radius 1 is 1.10 bits per heavy atom. The molecule has 0 fully saturated rings. The van der Waals surface area contributed by atoms with Crippen molar-refractivity contribution in [2.75, 3.05) is 0 Å². The molecule has 1 N–H and O–H groups in total. The number of aromatic amines is 1. The van der Waals surface area contributed by atoms with Crippen LogP contribution >= 0.6 is 0 Å². The van der Waals surface area contributed by atoms with E-state index in [1.165, 1.54) is 11.6 Å². The number of H-pyrrole nitrogens is 1. The fraction of sp³-hybridized carbons (Fsp3) is 0.375. The zero-order chi connectivity index (χ0) is 14.7. The Bertz CT molecular complexity index is 645. The third-order valence-electron chi connectivity index (χ3n) is 3.03. The van der Waals surface area contributed by atoms with Crippen LogP contribution in [-0.2, 0) is 0 Å². The van der Waals surface area contributed by atoms with E-state index in [1.54, 1.807) is 0 Å². The summed E-state index contributed by atoms with van der Waals surface area (Å²) < 4.78 is 5.71. The van der Waals surface area contributed by atoms with Crippen LogP contribution in [0.25, 0.3) is 0 Å². The van der Waals surface area contributed by atoms with E-state index in [4.69, 9.17) is 4.74 Å². The predicted octanol–water partition coefficient (Wildman–Crippen LogP) is 3.81. The van der Waals surface area contributed by atoms with Crippen LogP contribution in [-0.4, -0.2) is 9.97 Å². The average molecular weight is 272 g/mol. The highest BCUT2D eigenvalue weighted by atomic mass is 16.5. The summed E-state index contributed by atoms with van der Waals surface area (Å²) in [4.78, 5) is 18.6. The Labute approximate surface area is 118 Å². The standard InChI is InChI=1S/C16H20N2O2/c1-10(2)12-6-5-7-13(8-12)20-15-9-14(19)17-16(18-15)11(3)4/h5-11H,1-4H3,(H,17,18,19). The van der Waals surface area contributed by atoms with Gasteiger partial charge >= 0.3 is 0 Å². The zero-order valence-electron chi connectivity index (χ0n) is 12.3.